The highest BCUT2D eigenvalue weighted by atomic mass is 16.1. The molecule has 2 rings (SSSR count). The van der Waals surface area contributed by atoms with E-state index in [4.69, 9.17) is 11.5 Å². The van der Waals surface area contributed by atoms with Crippen LogP contribution in [-0.4, -0.2) is 28.5 Å². The molecule has 0 fully saturated rings. The molecule has 0 unspecified atom stereocenters. The van der Waals surface area contributed by atoms with Gasteiger partial charge in [-0.3, -0.25) is 4.79 Å². The summed E-state index contributed by atoms with van der Waals surface area (Å²) in [5, 5.41) is 6.30. The monoisotopic (exact) mass is 356 g/mol. The number of hydrogen-bond acceptors (Lipinski definition) is 6. The van der Waals surface area contributed by atoms with Gasteiger partial charge in [0.15, 0.2) is 0 Å². The molecule has 1 atom stereocenters. The van der Waals surface area contributed by atoms with E-state index in [1.54, 1.807) is 0 Å². The second-order valence-corrected chi connectivity index (χ2v) is 7.09. The highest BCUT2D eigenvalue weighted by Crippen LogP contribution is 2.22. The molecule has 0 spiro atoms. The van der Waals surface area contributed by atoms with Crippen LogP contribution in [0.25, 0.3) is 0 Å². The molecule has 0 radical (unpaired) electrons. The minimum Gasteiger partial charge on any atom is -0.365 e. The van der Waals surface area contributed by atoms with Crippen molar-refractivity contribution in [2.45, 2.75) is 40.2 Å². The van der Waals surface area contributed by atoms with Crippen molar-refractivity contribution in [1.82, 2.24) is 9.97 Å². The molecule has 26 heavy (non-hydrogen) atoms. The second-order valence-electron chi connectivity index (χ2n) is 7.09. The largest absolute Gasteiger partial charge is 0.365 e. The summed E-state index contributed by atoms with van der Waals surface area (Å²) in [6.07, 6.45) is 2.33. The van der Waals surface area contributed by atoms with Gasteiger partial charge < -0.3 is 22.1 Å². The smallest absolute Gasteiger partial charge is 0.254 e. The molecule has 0 aliphatic heterocycles. The van der Waals surface area contributed by atoms with E-state index in [-0.39, 0.29) is 11.6 Å². The zero-order valence-corrected chi connectivity index (χ0v) is 15.8. The fourth-order valence-electron chi connectivity index (χ4n) is 2.84. The quantitative estimate of drug-likeness (QED) is 0.577. The maximum Gasteiger partial charge on any atom is 0.254 e. The summed E-state index contributed by atoms with van der Waals surface area (Å²) in [7, 11) is 0. The molecule has 2 aromatic rings. The molecule has 7 heteroatoms. The van der Waals surface area contributed by atoms with Crippen LogP contribution in [0, 0.1) is 19.8 Å². The molecular formula is C19H28N6O. The SMILES string of the molecule is Cc1cc(C)cc(Nc2nc(NC[C@@H](N)CC(C)C)ncc2C(N)=O)c1. The third-order valence-corrected chi connectivity index (χ3v) is 3.84. The Morgan fingerprint density at radius 2 is 1.85 bits per heavy atom. The molecule has 0 bridgehead atoms. The van der Waals surface area contributed by atoms with Crippen LogP contribution >= 0.6 is 0 Å². The maximum atomic E-state index is 11.7. The van der Waals surface area contributed by atoms with Crippen molar-refractivity contribution in [2.24, 2.45) is 17.4 Å². The lowest BCUT2D eigenvalue weighted by Crippen LogP contribution is -2.31. The topological polar surface area (TPSA) is 119 Å². The van der Waals surface area contributed by atoms with E-state index >= 15 is 0 Å². The Morgan fingerprint density at radius 3 is 2.42 bits per heavy atom. The molecule has 1 aromatic heterocycles. The molecule has 1 heterocycles. The lowest BCUT2D eigenvalue weighted by Gasteiger charge is -2.16. The standard InChI is InChI=1S/C19H28N6O/c1-11(2)5-14(20)9-22-19-23-10-16(17(21)26)18(25-19)24-15-7-12(3)6-13(4)8-15/h6-8,10-11,14H,5,9,20H2,1-4H3,(H2,21,26)(H2,22,23,24,25)/t14-/m0/s1. The van der Waals surface area contributed by atoms with Gasteiger partial charge in [0.2, 0.25) is 5.95 Å². The summed E-state index contributed by atoms with van der Waals surface area (Å²) >= 11 is 0. The fourth-order valence-corrected chi connectivity index (χ4v) is 2.84. The van der Waals surface area contributed by atoms with Gasteiger partial charge >= 0.3 is 0 Å². The van der Waals surface area contributed by atoms with Crippen LogP contribution in [0.15, 0.2) is 24.4 Å². The highest BCUT2D eigenvalue weighted by Gasteiger charge is 2.14. The summed E-state index contributed by atoms with van der Waals surface area (Å²) in [4.78, 5) is 20.3. The number of nitrogens with one attached hydrogen (secondary N) is 2. The number of nitrogens with zero attached hydrogens (tertiary/aromatic N) is 2. The fraction of sp³-hybridized carbons (Fsp3) is 0.421. The van der Waals surface area contributed by atoms with E-state index in [1.807, 2.05) is 26.0 Å². The summed E-state index contributed by atoms with van der Waals surface area (Å²) in [6.45, 7) is 8.83. The number of primary amides is 1. The van der Waals surface area contributed by atoms with E-state index in [2.05, 4.69) is 40.5 Å². The molecule has 1 amide bonds. The summed E-state index contributed by atoms with van der Waals surface area (Å²) < 4.78 is 0. The Balaban J connectivity index is 2.21. The van der Waals surface area contributed by atoms with E-state index in [9.17, 15) is 4.79 Å². The van der Waals surface area contributed by atoms with Crippen molar-refractivity contribution < 1.29 is 4.79 Å². The molecular weight excluding hydrogens is 328 g/mol. The normalized spacial score (nSPS) is 12.1. The average Bonchev–Trinajstić information content (AvgIpc) is 2.51. The number of amides is 1. The molecule has 6 N–H and O–H groups in total. The number of carbonyl (C=O) groups is 1. The minimum atomic E-state index is -0.583. The number of hydrogen-bond donors (Lipinski definition) is 4. The van der Waals surface area contributed by atoms with Gasteiger partial charge in [-0.2, -0.15) is 4.98 Å². The van der Waals surface area contributed by atoms with Crippen LogP contribution in [0.4, 0.5) is 17.5 Å². The van der Waals surface area contributed by atoms with Gasteiger partial charge in [0, 0.05) is 24.5 Å². The van der Waals surface area contributed by atoms with E-state index in [0.717, 1.165) is 23.2 Å². The van der Waals surface area contributed by atoms with E-state index in [0.29, 0.717) is 24.2 Å². The van der Waals surface area contributed by atoms with Gasteiger partial charge in [0.05, 0.1) is 0 Å². The van der Waals surface area contributed by atoms with Gasteiger partial charge in [-0.05, 0) is 49.4 Å². The van der Waals surface area contributed by atoms with Gasteiger partial charge in [-0.1, -0.05) is 19.9 Å². The number of aromatic nitrogens is 2. The molecule has 0 aliphatic rings. The average molecular weight is 356 g/mol. The van der Waals surface area contributed by atoms with Gasteiger partial charge in [0.1, 0.15) is 11.4 Å². The lowest BCUT2D eigenvalue weighted by atomic mass is 10.0. The molecule has 0 saturated carbocycles. The third kappa shape index (κ3) is 5.70. The Kier molecular flexibility index (Phi) is 6.52. The van der Waals surface area contributed by atoms with E-state index < -0.39 is 5.91 Å². The third-order valence-electron chi connectivity index (χ3n) is 3.84. The van der Waals surface area contributed by atoms with Gasteiger partial charge in [-0.25, -0.2) is 4.98 Å². The number of rotatable bonds is 8. The van der Waals surface area contributed by atoms with Crippen molar-refractivity contribution in [3.63, 3.8) is 0 Å². The zero-order chi connectivity index (χ0) is 19.3. The lowest BCUT2D eigenvalue weighted by molar-refractivity contribution is 0.100. The highest BCUT2D eigenvalue weighted by molar-refractivity contribution is 5.98. The maximum absolute atomic E-state index is 11.7. The summed E-state index contributed by atoms with van der Waals surface area (Å²) in [5.74, 6) is 0.713. The summed E-state index contributed by atoms with van der Waals surface area (Å²) in [6, 6.07) is 6.03. The summed E-state index contributed by atoms with van der Waals surface area (Å²) in [5.41, 5.74) is 14.8. The zero-order valence-electron chi connectivity index (χ0n) is 15.8. The predicted molar refractivity (Wildman–Crippen MR) is 106 cm³/mol. The van der Waals surface area contributed by atoms with Crippen LogP contribution in [0.5, 0.6) is 0 Å². The molecule has 140 valence electrons. The van der Waals surface area contributed by atoms with Crippen molar-refractivity contribution >= 4 is 23.4 Å². The van der Waals surface area contributed by atoms with Crippen molar-refractivity contribution in [2.75, 3.05) is 17.2 Å². The van der Waals surface area contributed by atoms with Gasteiger partial charge in [-0.15, -0.1) is 0 Å². The Bertz CT molecular complexity index is 754. The van der Waals surface area contributed by atoms with E-state index in [1.165, 1.54) is 6.20 Å². The first-order chi connectivity index (χ1) is 12.2. The molecule has 7 nitrogen and oxygen atoms in total. The molecule has 0 saturated heterocycles. The first-order valence-electron chi connectivity index (χ1n) is 8.76. The van der Waals surface area contributed by atoms with Crippen LogP contribution in [0.1, 0.15) is 41.8 Å². The number of carbonyl (C=O) groups excluding carboxylic acids is 1. The molecule has 0 aliphatic carbocycles. The van der Waals surface area contributed by atoms with Crippen molar-refractivity contribution in [1.29, 1.82) is 0 Å². The Hall–Kier alpha value is -2.67. The van der Waals surface area contributed by atoms with Gasteiger partial charge in [0.25, 0.3) is 5.91 Å². The number of aryl methyl sites for hydroxylation is 2. The molecule has 1 aromatic carbocycles. The minimum absolute atomic E-state index is 0.00486. The number of benzene rings is 1. The second kappa shape index (κ2) is 8.62. The van der Waals surface area contributed by atoms with Crippen LogP contribution in [0.3, 0.4) is 0 Å². The Labute approximate surface area is 154 Å². The van der Waals surface area contributed by atoms with Crippen LogP contribution in [-0.2, 0) is 0 Å². The Morgan fingerprint density at radius 1 is 1.19 bits per heavy atom. The van der Waals surface area contributed by atoms with Crippen molar-refractivity contribution in [3.05, 3.63) is 41.1 Å². The first kappa shape index (κ1) is 19.7. The number of anilines is 3. The first-order valence-corrected chi connectivity index (χ1v) is 8.76. The predicted octanol–water partition coefficient (Wildman–Crippen LogP) is 2.72. The van der Waals surface area contributed by atoms with Crippen LogP contribution in [0.2, 0.25) is 0 Å². The van der Waals surface area contributed by atoms with Crippen LogP contribution < -0.4 is 22.1 Å². The van der Waals surface area contributed by atoms with Crippen molar-refractivity contribution in [3.8, 4) is 0 Å². The number of nitrogens with two attached hydrogens (primary N) is 2.